The fourth-order valence-electron chi connectivity index (χ4n) is 2.84. The molecule has 0 unspecified atom stereocenters. The second kappa shape index (κ2) is 4.56. The van der Waals surface area contributed by atoms with Gasteiger partial charge in [0.2, 0.25) is 5.91 Å². The molecule has 2 atom stereocenters. The van der Waals surface area contributed by atoms with Crippen LogP contribution in [-0.4, -0.2) is 54.3 Å². The predicted molar refractivity (Wildman–Crippen MR) is 71.9 cm³/mol. The Kier molecular flexibility index (Phi) is 2.97. The summed E-state index contributed by atoms with van der Waals surface area (Å²) in [5.74, 6) is -0.926. The zero-order valence-corrected chi connectivity index (χ0v) is 11.4. The maximum atomic E-state index is 13.3. The summed E-state index contributed by atoms with van der Waals surface area (Å²) in [4.78, 5) is 28.4. The van der Waals surface area contributed by atoms with Crippen molar-refractivity contribution in [2.75, 3.05) is 26.0 Å². The summed E-state index contributed by atoms with van der Waals surface area (Å²) in [6.45, 7) is 0.515. The van der Waals surface area contributed by atoms with Crippen LogP contribution < -0.4 is 5.32 Å². The SMILES string of the molecule is CN(C)[C@@H]1C[C@H]2C(=O)Nc3cc(F)ccc3C(=O)N2C1. The number of anilines is 1. The smallest absolute Gasteiger partial charge is 0.256 e. The van der Waals surface area contributed by atoms with E-state index < -0.39 is 11.9 Å². The molecule has 0 aliphatic carbocycles. The van der Waals surface area contributed by atoms with Gasteiger partial charge in [-0.3, -0.25) is 9.59 Å². The molecule has 2 heterocycles. The quantitative estimate of drug-likeness (QED) is 0.830. The van der Waals surface area contributed by atoms with E-state index in [-0.39, 0.29) is 23.5 Å². The largest absolute Gasteiger partial charge is 0.325 e. The van der Waals surface area contributed by atoms with Crippen molar-refractivity contribution in [2.45, 2.75) is 18.5 Å². The first-order chi connectivity index (χ1) is 9.47. The Morgan fingerprint density at radius 2 is 2.10 bits per heavy atom. The standard InChI is InChI=1S/C14H16FN3O2/c1-17(2)9-6-12-13(19)16-11-5-8(15)3-4-10(11)14(20)18(12)7-9/h3-5,9,12H,6-7H2,1-2H3,(H,16,19)/t9-,12+/m1/s1. The number of nitrogens with zero attached hydrogens (tertiary/aromatic N) is 2. The molecular weight excluding hydrogens is 261 g/mol. The number of carbonyl (C=O) groups excluding carboxylic acids is 2. The van der Waals surface area contributed by atoms with Gasteiger partial charge in [-0.05, 0) is 38.7 Å². The Hall–Kier alpha value is -1.95. The molecule has 20 heavy (non-hydrogen) atoms. The molecule has 0 radical (unpaired) electrons. The number of nitrogens with one attached hydrogen (secondary N) is 1. The van der Waals surface area contributed by atoms with Crippen molar-refractivity contribution in [1.29, 1.82) is 0 Å². The van der Waals surface area contributed by atoms with E-state index >= 15 is 0 Å². The lowest BCUT2D eigenvalue weighted by Gasteiger charge is -2.21. The van der Waals surface area contributed by atoms with Crippen LogP contribution >= 0.6 is 0 Å². The molecular formula is C14H16FN3O2. The van der Waals surface area contributed by atoms with E-state index in [4.69, 9.17) is 0 Å². The van der Waals surface area contributed by atoms with E-state index in [0.29, 0.717) is 18.5 Å². The molecule has 0 spiro atoms. The second-order valence-corrected chi connectivity index (χ2v) is 5.51. The van der Waals surface area contributed by atoms with Crippen molar-refractivity contribution >= 4 is 17.5 Å². The van der Waals surface area contributed by atoms with Crippen molar-refractivity contribution < 1.29 is 14.0 Å². The third-order valence-corrected chi connectivity index (χ3v) is 4.04. The second-order valence-electron chi connectivity index (χ2n) is 5.51. The molecule has 2 aliphatic heterocycles. The third kappa shape index (κ3) is 1.96. The van der Waals surface area contributed by atoms with Gasteiger partial charge >= 0.3 is 0 Å². The summed E-state index contributed by atoms with van der Waals surface area (Å²) in [7, 11) is 3.87. The van der Waals surface area contributed by atoms with Gasteiger partial charge in [-0.25, -0.2) is 4.39 Å². The molecule has 106 valence electrons. The molecule has 1 saturated heterocycles. The van der Waals surface area contributed by atoms with Crippen LogP contribution in [0.15, 0.2) is 18.2 Å². The number of likely N-dealkylation sites (N-methyl/N-ethyl adjacent to an activating group) is 1. The number of amides is 2. The molecule has 5 nitrogen and oxygen atoms in total. The predicted octanol–water partition coefficient (Wildman–Crippen LogP) is 0.922. The number of fused-ring (bicyclic) bond motifs is 2. The molecule has 3 rings (SSSR count). The third-order valence-electron chi connectivity index (χ3n) is 4.04. The van der Waals surface area contributed by atoms with Crippen LogP contribution in [0.25, 0.3) is 0 Å². The Morgan fingerprint density at radius 3 is 2.80 bits per heavy atom. The molecule has 0 saturated carbocycles. The molecule has 1 aromatic rings. The van der Waals surface area contributed by atoms with Crippen molar-refractivity contribution in [3.63, 3.8) is 0 Å². The van der Waals surface area contributed by atoms with E-state index in [1.165, 1.54) is 18.2 Å². The zero-order valence-electron chi connectivity index (χ0n) is 11.4. The number of halogens is 1. The summed E-state index contributed by atoms with van der Waals surface area (Å²) >= 11 is 0. The van der Waals surface area contributed by atoms with Gasteiger partial charge < -0.3 is 15.1 Å². The Bertz CT molecular complexity index is 588. The van der Waals surface area contributed by atoms with Crippen molar-refractivity contribution in [3.8, 4) is 0 Å². The van der Waals surface area contributed by atoms with Gasteiger partial charge in [0.25, 0.3) is 5.91 Å². The van der Waals surface area contributed by atoms with Crippen LogP contribution in [0.5, 0.6) is 0 Å². The van der Waals surface area contributed by atoms with Gasteiger partial charge in [0.1, 0.15) is 11.9 Å². The molecule has 0 bridgehead atoms. The van der Waals surface area contributed by atoms with Crippen molar-refractivity contribution in [3.05, 3.63) is 29.6 Å². The summed E-state index contributed by atoms with van der Waals surface area (Å²) in [5, 5.41) is 2.66. The lowest BCUT2D eigenvalue weighted by atomic mass is 10.1. The summed E-state index contributed by atoms with van der Waals surface area (Å²) in [6, 6.07) is 3.54. The molecule has 2 amide bonds. The first kappa shape index (κ1) is 13.1. The van der Waals surface area contributed by atoms with Crippen LogP contribution in [-0.2, 0) is 4.79 Å². The Morgan fingerprint density at radius 1 is 1.35 bits per heavy atom. The van der Waals surface area contributed by atoms with Gasteiger partial charge in [0, 0.05) is 12.6 Å². The Labute approximate surface area is 116 Å². The van der Waals surface area contributed by atoms with Gasteiger partial charge in [-0.2, -0.15) is 0 Å². The van der Waals surface area contributed by atoms with E-state index in [9.17, 15) is 14.0 Å². The highest BCUT2D eigenvalue weighted by Gasteiger charge is 2.43. The van der Waals surface area contributed by atoms with E-state index in [2.05, 4.69) is 5.32 Å². The van der Waals surface area contributed by atoms with Gasteiger partial charge in [-0.1, -0.05) is 0 Å². The lowest BCUT2D eigenvalue weighted by molar-refractivity contribution is -0.119. The minimum absolute atomic E-state index is 0.164. The number of rotatable bonds is 1. The van der Waals surface area contributed by atoms with Crippen LogP contribution in [0.4, 0.5) is 10.1 Å². The molecule has 0 aromatic heterocycles. The highest BCUT2D eigenvalue weighted by atomic mass is 19.1. The monoisotopic (exact) mass is 277 g/mol. The van der Waals surface area contributed by atoms with Crippen molar-refractivity contribution in [1.82, 2.24) is 9.80 Å². The summed E-state index contributed by atoms with van der Waals surface area (Å²) in [5.41, 5.74) is 0.609. The van der Waals surface area contributed by atoms with Gasteiger partial charge in [0.05, 0.1) is 11.3 Å². The summed E-state index contributed by atoms with van der Waals surface area (Å²) in [6.07, 6.45) is 0.598. The molecule has 2 aliphatic rings. The van der Waals surface area contributed by atoms with Gasteiger partial charge in [-0.15, -0.1) is 0 Å². The van der Waals surface area contributed by atoms with E-state index in [0.717, 1.165) is 0 Å². The van der Waals surface area contributed by atoms with Gasteiger partial charge in [0.15, 0.2) is 0 Å². The average molecular weight is 277 g/mol. The van der Waals surface area contributed by atoms with E-state index in [1.807, 2.05) is 19.0 Å². The maximum absolute atomic E-state index is 13.3. The van der Waals surface area contributed by atoms with Crippen molar-refractivity contribution in [2.24, 2.45) is 0 Å². The normalized spacial score (nSPS) is 25.3. The lowest BCUT2D eigenvalue weighted by Crippen LogP contribution is -2.40. The highest BCUT2D eigenvalue weighted by Crippen LogP contribution is 2.30. The number of benzene rings is 1. The molecule has 1 N–H and O–H groups in total. The average Bonchev–Trinajstić information content (AvgIpc) is 2.80. The fourth-order valence-corrected chi connectivity index (χ4v) is 2.84. The Balaban J connectivity index is 2.00. The topological polar surface area (TPSA) is 52.7 Å². The first-order valence-corrected chi connectivity index (χ1v) is 6.55. The molecule has 1 aromatic carbocycles. The van der Waals surface area contributed by atoms with Crippen LogP contribution in [0.3, 0.4) is 0 Å². The van der Waals surface area contributed by atoms with Crippen LogP contribution in [0, 0.1) is 5.82 Å². The highest BCUT2D eigenvalue weighted by molar-refractivity contribution is 6.10. The molecule has 6 heteroatoms. The first-order valence-electron chi connectivity index (χ1n) is 6.55. The summed E-state index contributed by atoms with van der Waals surface area (Å²) < 4.78 is 13.3. The number of carbonyl (C=O) groups is 2. The minimum atomic E-state index is -0.481. The van der Waals surface area contributed by atoms with Crippen LogP contribution in [0.2, 0.25) is 0 Å². The number of hydrogen-bond acceptors (Lipinski definition) is 3. The van der Waals surface area contributed by atoms with Crippen LogP contribution in [0.1, 0.15) is 16.8 Å². The zero-order chi connectivity index (χ0) is 14.4. The maximum Gasteiger partial charge on any atom is 0.256 e. The minimum Gasteiger partial charge on any atom is -0.325 e. The fraction of sp³-hybridized carbons (Fsp3) is 0.429. The number of hydrogen-bond donors (Lipinski definition) is 1. The van der Waals surface area contributed by atoms with E-state index in [1.54, 1.807) is 4.90 Å². The molecule has 1 fully saturated rings.